The van der Waals surface area contributed by atoms with Crippen molar-refractivity contribution < 1.29 is 14.7 Å². The minimum absolute atomic E-state index is 0.0923. The van der Waals surface area contributed by atoms with Crippen LogP contribution in [0.1, 0.15) is 56.7 Å². The molecule has 3 N–H and O–H groups in total. The van der Waals surface area contributed by atoms with Crippen molar-refractivity contribution in [2.75, 3.05) is 5.32 Å². The fraction of sp³-hybridized carbons (Fsp3) is 0.333. The molecule has 34 heavy (non-hydrogen) atoms. The molecule has 7 heteroatoms. The zero-order chi connectivity index (χ0) is 24.3. The first-order valence-electron chi connectivity index (χ1n) is 11.7. The van der Waals surface area contributed by atoms with Crippen molar-refractivity contribution in [1.82, 2.24) is 10.2 Å². The Balaban J connectivity index is 1.62. The second kappa shape index (κ2) is 12.5. The van der Waals surface area contributed by atoms with Crippen LogP contribution in [0.15, 0.2) is 65.5 Å². The average Bonchev–Trinajstić information content (AvgIpc) is 2.82. The Hall–Kier alpha value is -3.74. The van der Waals surface area contributed by atoms with Crippen LogP contribution in [0.3, 0.4) is 0 Å². The topological polar surface area (TPSA) is 112 Å². The highest BCUT2D eigenvalue weighted by Gasteiger charge is 2.20. The van der Waals surface area contributed by atoms with Crippen LogP contribution in [0.25, 0.3) is 10.8 Å². The summed E-state index contributed by atoms with van der Waals surface area (Å²) in [7, 11) is 0. The summed E-state index contributed by atoms with van der Waals surface area (Å²) in [6.45, 7) is 2.14. The van der Waals surface area contributed by atoms with Crippen LogP contribution in [0.2, 0.25) is 0 Å². The molecule has 1 atom stereocenters. The van der Waals surface area contributed by atoms with Gasteiger partial charge in [0, 0.05) is 23.9 Å². The Morgan fingerprint density at radius 1 is 1.09 bits per heavy atom. The van der Waals surface area contributed by atoms with E-state index in [1.807, 2.05) is 48.6 Å². The lowest BCUT2D eigenvalue weighted by molar-refractivity contribution is -0.143. The lowest BCUT2D eigenvalue weighted by Gasteiger charge is -2.12. The molecule has 1 amide bonds. The van der Waals surface area contributed by atoms with Gasteiger partial charge in [-0.2, -0.15) is 5.10 Å². The Bertz CT molecular complexity index is 1220. The molecule has 0 saturated carbocycles. The molecular weight excluding hydrogens is 430 g/mol. The SMILES string of the molecule is CCCCCC=CCC(CC(=O)Nc1cccc(Cc2n[nH]c(=O)c3ccccc23)c1)C(=O)O. The van der Waals surface area contributed by atoms with Gasteiger partial charge in [0.1, 0.15) is 0 Å². The van der Waals surface area contributed by atoms with Crippen molar-refractivity contribution in [3.63, 3.8) is 0 Å². The van der Waals surface area contributed by atoms with Crippen molar-refractivity contribution in [3.8, 4) is 0 Å². The summed E-state index contributed by atoms with van der Waals surface area (Å²) in [5.41, 5.74) is 2.00. The van der Waals surface area contributed by atoms with Gasteiger partial charge in [-0.25, -0.2) is 5.10 Å². The first kappa shape index (κ1) is 24.9. The van der Waals surface area contributed by atoms with E-state index in [-0.39, 0.29) is 17.9 Å². The summed E-state index contributed by atoms with van der Waals surface area (Å²) >= 11 is 0. The summed E-state index contributed by atoms with van der Waals surface area (Å²) in [5.74, 6) is -2.07. The van der Waals surface area contributed by atoms with E-state index in [4.69, 9.17) is 0 Å². The molecule has 7 nitrogen and oxygen atoms in total. The van der Waals surface area contributed by atoms with Gasteiger partial charge >= 0.3 is 5.97 Å². The number of nitrogens with zero attached hydrogens (tertiary/aromatic N) is 1. The Morgan fingerprint density at radius 3 is 2.65 bits per heavy atom. The van der Waals surface area contributed by atoms with Gasteiger partial charge in [-0.3, -0.25) is 14.4 Å². The van der Waals surface area contributed by atoms with Crippen molar-refractivity contribution in [2.24, 2.45) is 5.92 Å². The van der Waals surface area contributed by atoms with Gasteiger partial charge in [0.05, 0.1) is 17.0 Å². The number of carbonyl (C=O) groups is 2. The second-order valence-corrected chi connectivity index (χ2v) is 8.41. The number of aliphatic carboxylic acids is 1. The number of allylic oxidation sites excluding steroid dienone is 2. The normalized spacial score (nSPS) is 12.1. The van der Waals surface area contributed by atoms with Gasteiger partial charge in [0.15, 0.2) is 0 Å². The third kappa shape index (κ3) is 7.13. The molecule has 2 aromatic carbocycles. The fourth-order valence-electron chi connectivity index (χ4n) is 3.86. The molecule has 0 fully saturated rings. The minimum Gasteiger partial charge on any atom is -0.481 e. The lowest BCUT2D eigenvalue weighted by Crippen LogP contribution is -2.22. The van der Waals surface area contributed by atoms with Gasteiger partial charge in [0.25, 0.3) is 5.56 Å². The highest BCUT2D eigenvalue weighted by atomic mass is 16.4. The maximum Gasteiger partial charge on any atom is 0.307 e. The number of anilines is 1. The largest absolute Gasteiger partial charge is 0.481 e. The lowest BCUT2D eigenvalue weighted by atomic mass is 10.00. The van der Waals surface area contributed by atoms with Crippen LogP contribution in [0.4, 0.5) is 5.69 Å². The number of rotatable bonds is 12. The van der Waals surface area contributed by atoms with E-state index in [9.17, 15) is 19.5 Å². The van der Waals surface area contributed by atoms with E-state index >= 15 is 0 Å². The van der Waals surface area contributed by atoms with Crippen LogP contribution in [0, 0.1) is 5.92 Å². The molecule has 178 valence electrons. The van der Waals surface area contributed by atoms with Gasteiger partial charge < -0.3 is 10.4 Å². The molecule has 0 radical (unpaired) electrons. The molecule has 0 aliphatic rings. The summed E-state index contributed by atoms with van der Waals surface area (Å²) in [4.78, 5) is 36.1. The summed E-state index contributed by atoms with van der Waals surface area (Å²) in [6, 6.07) is 14.6. The Morgan fingerprint density at radius 2 is 1.88 bits per heavy atom. The molecule has 0 spiro atoms. The first-order chi connectivity index (χ1) is 16.5. The van der Waals surface area contributed by atoms with E-state index in [0.29, 0.717) is 23.9 Å². The predicted molar refractivity (Wildman–Crippen MR) is 134 cm³/mol. The number of benzene rings is 2. The number of carbonyl (C=O) groups excluding carboxylic acids is 1. The molecule has 3 aromatic rings. The van der Waals surface area contributed by atoms with Crippen LogP contribution in [-0.4, -0.2) is 27.2 Å². The molecule has 0 aliphatic carbocycles. The molecule has 0 bridgehead atoms. The number of hydrogen-bond donors (Lipinski definition) is 3. The van der Waals surface area contributed by atoms with Crippen molar-refractivity contribution in [1.29, 1.82) is 0 Å². The first-order valence-corrected chi connectivity index (χ1v) is 11.7. The number of aromatic nitrogens is 2. The van der Waals surface area contributed by atoms with E-state index in [2.05, 4.69) is 22.4 Å². The number of fused-ring (bicyclic) bond motifs is 1. The second-order valence-electron chi connectivity index (χ2n) is 8.41. The monoisotopic (exact) mass is 461 g/mol. The van der Waals surface area contributed by atoms with Crippen molar-refractivity contribution in [2.45, 2.75) is 51.9 Å². The number of aromatic amines is 1. The zero-order valence-corrected chi connectivity index (χ0v) is 19.4. The molecule has 0 aliphatic heterocycles. The molecular formula is C27H31N3O4. The van der Waals surface area contributed by atoms with E-state index in [0.717, 1.165) is 42.3 Å². The smallest absolute Gasteiger partial charge is 0.307 e. The third-order valence-electron chi connectivity index (χ3n) is 5.70. The van der Waals surface area contributed by atoms with E-state index in [1.165, 1.54) is 0 Å². The highest BCUT2D eigenvalue weighted by Crippen LogP contribution is 2.19. The number of carboxylic acids is 1. The molecule has 3 rings (SSSR count). The number of nitrogens with one attached hydrogen (secondary N) is 2. The average molecular weight is 462 g/mol. The Kier molecular flexibility index (Phi) is 9.14. The predicted octanol–water partition coefficient (Wildman–Crippen LogP) is 5.07. The summed E-state index contributed by atoms with van der Waals surface area (Å²) in [5, 5.41) is 20.4. The van der Waals surface area contributed by atoms with Crippen LogP contribution < -0.4 is 10.9 Å². The molecule has 1 heterocycles. The van der Waals surface area contributed by atoms with E-state index in [1.54, 1.807) is 12.1 Å². The minimum atomic E-state index is -0.974. The van der Waals surface area contributed by atoms with Crippen LogP contribution in [0.5, 0.6) is 0 Å². The van der Waals surface area contributed by atoms with Gasteiger partial charge in [-0.15, -0.1) is 0 Å². The van der Waals surface area contributed by atoms with Gasteiger partial charge in [0.2, 0.25) is 5.91 Å². The number of H-pyrrole nitrogens is 1. The number of unbranched alkanes of at least 4 members (excludes halogenated alkanes) is 3. The highest BCUT2D eigenvalue weighted by molar-refractivity contribution is 5.93. The van der Waals surface area contributed by atoms with Crippen molar-refractivity contribution in [3.05, 3.63) is 82.3 Å². The fourth-order valence-corrected chi connectivity index (χ4v) is 3.86. The number of amides is 1. The number of hydrogen-bond acceptors (Lipinski definition) is 4. The Labute approximate surface area is 198 Å². The summed E-state index contributed by atoms with van der Waals surface area (Å²) in [6.07, 6.45) is 8.90. The quantitative estimate of drug-likeness (QED) is 0.257. The standard InChI is InChI=1S/C27H31N3O4/c1-2-3-4-5-6-7-12-20(27(33)34)18-25(31)28-21-13-10-11-19(16-21)17-24-22-14-8-9-15-23(22)26(32)30-29-24/h6-11,13-16,20H,2-5,12,17-18H2,1H3,(H,28,31)(H,30,32)(H,33,34). The third-order valence-corrected chi connectivity index (χ3v) is 5.70. The molecule has 1 aromatic heterocycles. The maximum absolute atomic E-state index is 12.5. The van der Waals surface area contributed by atoms with Crippen LogP contribution in [-0.2, 0) is 16.0 Å². The molecule has 0 saturated heterocycles. The maximum atomic E-state index is 12.5. The van der Waals surface area contributed by atoms with Gasteiger partial charge in [-0.05, 0) is 43.0 Å². The zero-order valence-electron chi connectivity index (χ0n) is 19.4. The van der Waals surface area contributed by atoms with E-state index < -0.39 is 11.9 Å². The molecule has 1 unspecified atom stereocenters. The summed E-state index contributed by atoms with van der Waals surface area (Å²) < 4.78 is 0. The van der Waals surface area contributed by atoms with Gasteiger partial charge in [-0.1, -0.05) is 62.2 Å². The van der Waals surface area contributed by atoms with Crippen LogP contribution >= 0.6 is 0 Å². The number of carboxylic acid groups (broad SMARTS) is 1. The van der Waals surface area contributed by atoms with Crippen molar-refractivity contribution >= 4 is 28.3 Å².